The molecule has 0 saturated heterocycles. The van der Waals surface area contributed by atoms with Crippen molar-refractivity contribution in [1.82, 2.24) is 15.0 Å². The van der Waals surface area contributed by atoms with Crippen molar-refractivity contribution in [2.75, 3.05) is 0 Å². The van der Waals surface area contributed by atoms with Crippen molar-refractivity contribution < 1.29 is 13.2 Å². The van der Waals surface area contributed by atoms with Gasteiger partial charge in [-0.25, -0.2) is 32.8 Å². The number of nitriles is 1. The highest BCUT2D eigenvalue weighted by Crippen LogP contribution is 2.44. The van der Waals surface area contributed by atoms with Crippen LogP contribution in [0.15, 0.2) is 115 Å². The van der Waals surface area contributed by atoms with E-state index in [2.05, 4.69) is 15.8 Å². The van der Waals surface area contributed by atoms with Gasteiger partial charge in [0.25, 0.3) is 0 Å². The Labute approximate surface area is 289 Å². The van der Waals surface area contributed by atoms with E-state index in [4.69, 9.17) is 28.1 Å². The number of hydrogen-bond donors (Lipinski definition) is 0. The maximum atomic E-state index is 14.5. The van der Waals surface area contributed by atoms with E-state index in [-0.39, 0.29) is 11.3 Å². The molecule has 0 aliphatic heterocycles. The second kappa shape index (κ2) is 12.2. The van der Waals surface area contributed by atoms with Gasteiger partial charge in [0.05, 0.1) is 58.4 Å². The normalized spacial score (nSPS) is 11.0. The minimum Gasteiger partial charge on any atom is -0.255 e. The Kier molecular flexibility index (Phi) is 7.41. The molecule has 0 radical (unpaired) electrons. The highest BCUT2D eigenvalue weighted by Gasteiger charge is 2.23. The van der Waals surface area contributed by atoms with Crippen LogP contribution >= 0.6 is 0 Å². The van der Waals surface area contributed by atoms with Crippen LogP contribution in [0, 0.1) is 41.9 Å². The molecule has 0 N–H and O–H groups in total. The van der Waals surface area contributed by atoms with Crippen LogP contribution in [0.1, 0.15) is 5.56 Å². The van der Waals surface area contributed by atoms with Gasteiger partial charge in [0.2, 0.25) is 5.69 Å². The van der Waals surface area contributed by atoms with Crippen molar-refractivity contribution in [3.8, 4) is 51.0 Å². The third kappa shape index (κ3) is 5.16. The van der Waals surface area contributed by atoms with Gasteiger partial charge in [0.15, 0.2) is 23.1 Å². The molecule has 6 nitrogen and oxygen atoms in total. The number of hydrogen-bond acceptors (Lipinski definition) is 4. The Morgan fingerprint density at radius 1 is 0.569 bits per heavy atom. The molecule has 6 aromatic carbocycles. The second-order valence-corrected chi connectivity index (χ2v) is 11.7. The number of halogens is 3. The molecule has 0 saturated carbocycles. The van der Waals surface area contributed by atoms with Crippen LogP contribution in [0.4, 0.5) is 24.5 Å². The van der Waals surface area contributed by atoms with E-state index in [1.165, 1.54) is 0 Å². The number of rotatable bonds is 4. The molecule has 0 bridgehead atoms. The highest BCUT2D eigenvalue weighted by atomic mass is 19.2. The van der Waals surface area contributed by atoms with Gasteiger partial charge < -0.3 is 0 Å². The lowest BCUT2D eigenvalue weighted by atomic mass is 9.92. The number of pyridine rings is 1. The number of aromatic nitrogens is 3. The van der Waals surface area contributed by atoms with Crippen molar-refractivity contribution in [3.05, 3.63) is 161 Å². The minimum atomic E-state index is -1.56. The molecule has 51 heavy (non-hydrogen) atoms. The van der Waals surface area contributed by atoms with Gasteiger partial charge in [0.1, 0.15) is 0 Å². The molecule has 0 fully saturated rings. The van der Waals surface area contributed by atoms with Gasteiger partial charge in [0, 0.05) is 27.3 Å². The molecule has 2 heterocycles. The average molecular weight is 665 g/mol. The van der Waals surface area contributed by atoms with E-state index in [0.29, 0.717) is 77.9 Å². The number of benzene rings is 6. The molecule has 2 aromatic heterocycles. The highest BCUT2D eigenvalue weighted by molar-refractivity contribution is 6.24. The summed E-state index contributed by atoms with van der Waals surface area (Å²) >= 11 is 0. The largest absolute Gasteiger partial charge is 0.255 e. The quantitative estimate of drug-likeness (QED) is 0.107. The zero-order valence-corrected chi connectivity index (χ0v) is 26.3. The molecule has 9 heteroatoms. The van der Waals surface area contributed by atoms with Crippen molar-refractivity contribution >= 4 is 44.1 Å². The van der Waals surface area contributed by atoms with Crippen LogP contribution in [0.25, 0.3) is 87.3 Å². The minimum absolute atomic E-state index is 0.119. The van der Waals surface area contributed by atoms with Gasteiger partial charge >= 0.3 is 0 Å². The fourth-order valence-corrected chi connectivity index (χ4v) is 6.36. The molecular formula is C42H19F3N6. The van der Waals surface area contributed by atoms with E-state index in [0.717, 1.165) is 17.5 Å². The molecule has 0 aliphatic carbocycles. The topological polar surface area (TPSA) is 71.2 Å². The SMILES string of the molecule is [C-]#[N+]c1ccc(-c2nc3c([N+]#[C-])cc4c(-c5ccccc5-c5cc(F)c(F)c(F)c5)nc5ccccc5c4c3nc2-c2ccc(C#N)cc2)cc1. The van der Waals surface area contributed by atoms with Crippen LogP contribution in [-0.2, 0) is 0 Å². The molecule has 0 unspecified atom stereocenters. The summed E-state index contributed by atoms with van der Waals surface area (Å²) in [5.41, 5.74) is 6.29. The zero-order valence-electron chi connectivity index (χ0n) is 26.3. The Morgan fingerprint density at radius 2 is 1.18 bits per heavy atom. The van der Waals surface area contributed by atoms with Crippen molar-refractivity contribution in [2.45, 2.75) is 0 Å². The second-order valence-electron chi connectivity index (χ2n) is 11.7. The van der Waals surface area contributed by atoms with Crippen molar-refractivity contribution in [2.24, 2.45) is 0 Å². The summed E-state index contributed by atoms with van der Waals surface area (Å²) in [5, 5.41) is 11.4. The molecule has 8 rings (SSSR count). The fraction of sp³-hybridized carbons (Fsp3) is 0. The summed E-state index contributed by atoms with van der Waals surface area (Å²) in [6.07, 6.45) is 0. The summed E-state index contributed by atoms with van der Waals surface area (Å²) in [4.78, 5) is 22.7. The van der Waals surface area contributed by atoms with Gasteiger partial charge in [-0.2, -0.15) is 5.26 Å². The maximum Gasteiger partial charge on any atom is 0.215 e. The van der Waals surface area contributed by atoms with Gasteiger partial charge in [-0.1, -0.05) is 78.9 Å². The molecule has 8 aromatic rings. The summed E-state index contributed by atoms with van der Waals surface area (Å²) in [5.74, 6) is -4.19. The first-order valence-electron chi connectivity index (χ1n) is 15.6. The summed E-state index contributed by atoms with van der Waals surface area (Å²) in [6.45, 7) is 15.6. The van der Waals surface area contributed by atoms with E-state index in [1.807, 2.05) is 24.3 Å². The number of para-hydroxylation sites is 1. The van der Waals surface area contributed by atoms with Crippen LogP contribution in [0.2, 0.25) is 0 Å². The maximum absolute atomic E-state index is 14.5. The lowest BCUT2D eigenvalue weighted by Crippen LogP contribution is -1.99. The Hall–Kier alpha value is -7.41. The molecule has 0 spiro atoms. The Morgan fingerprint density at radius 3 is 1.82 bits per heavy atom. The predicted octanol–water partition coefficient (Wildman–Crippen LogP) is 11.4. The van der Waals surface area contributed by atoms with Crippen LogP contribution in [0.5, 0.6) is 0 Å². The van der Waals surface area contributed by atoms with Gasteiger partial charge in [-0.05, 0) is 53.1 Å². The lowest BCUT2D eigenvalue weighted by Gasteiger charge is -2.17. The molecule has 0 atom stereocenters. The third-order valence-electron chi connectivity index (χ3n) is 8.74. The van der Waals surface area contributed by atoms with Crippen LogP contribution < -0.4 is 0 Å². The molecule has 0 amide bonds. The predicted molar refractivity (Wildman–Crippen MR) is 191 cm³/mol. The first kappa shape index (κ1) is 30.9. The standard InChI is InChI=1S/C42H19F3N6/c1-47-27-17-15-25(16-18-27)38-39(24-13-11-23(22-46)12-14-24)51-42-36-30-9-5-6-10-34(30)49-40(31(36)21-35(48-2)41(42)50-38)29-8-4-3-7-28(29)26-19-32(43)37(45)33(44)20-26/h3-21H. The Balaban J connectivity index is 1.51. The monoisotopic (exact) mass is 664 g/mol. The zero-order chi connectivity index (χ0) is 35.2. The first-order valence-corrected chi connectivity index (χ1v) is 15.6. The smallest absolute Gasteiger partial charge is 0.215 e. The van der Waals surface area contributed by atoms with Gasteiger partial charge in [-0.15, -0.1) is 0 Å². The van der Waals surface area contributed by atoms with E-state index < -0.39 is 17.5 Å². The summed E-state index contributed by atoms with van der Waals surface area (Å²) < 4.78 is 43.0. The first-order chi connectivity index (χ1) is 24.9. The van der Waals surface area contributed by atoms with E-state index in [9.17, 15) is 18.4 Å². The van der Waals surface area contributed by atoms with Crippen molar-refractivity contribution in [1.29, 1.82) is 5.26 Å². The number of nitrogens with zero attached hydrogens (tertiary/aromatic N) is 6. The van der Waals surface area contributed by atoms with Crippen LogP contribution in [0.3, 0.4) is 0 Å². The Bertz CT molecular complexity index is 2840. The van der Waals surface area contributed by atoms with E-state index in [1.54, 1.807) is 78.9 Å². The third-order valence-corrected chi connectivity index (χ3v) is 8.74. The molecule has 0 aliphatic rings. The van der Waals surface area contributed by atoms with Crippen LogP contribution in [-0.4, -0.2) is 15.0 Å². The average Bonchev–Trinajstić information content (AvgIpc) is 3.18. The van der Waals surface area contributed by atoms with E-state index >= 15 is 0 Å². The lowest BCUT2D eigenvalue weighted by molar-refractivity contribution is 0.448. The van der Waals surface area contributed by atoms with Gasteiger partial charge in [-0.3, -0.25) is 4.98 Å². The molecule has 238 valence electrons. The molecular weight excluding hydrogens is 645 g/mol. The fourth-order valence-electron chi connectivity index (χ4n) is 6.36. The van der Waals surface area contributed by atoms with Crippen molar-refractivity contribution in [3.63, 3.8) is 0 Å². The summed E-state index contributed by atoms with van der Waals surface area (Å²) in [6, 6.07) is 34.0. The summed E-state index contributed by atoms with van der Waals surface area (Å²) in [7, 11) is 0. The number of fused-ring (bicyclic) bond motifs is 5.